The number of pyridine rings is 1. The van der Waals surface area contributed by atoms with E-state index in [-0.39, 0.29) is 12.1 Å². The van der Waals surface area contributed by atoms with E-state index in [1.54, 1.807) is 26.5 Å². The Hall–Kier alpha value is -2.96. The number of aromatic nitrogens is 1. The molecule has 2 N–H and O–H groups in total. The summed E-state index contributed by atoms with van der Waals surface area (Å²) >= 11 is 0. The Morgan fingerprint density at radius 3 is 2.41 bits per heavy atom. The van der Waals surface area contributed by atoms with E-state index in [4.69, 9.17) is 14.2 Å². The van der Waals surface area contributed by atoms with Crippen molar-refractivity contribution in [2.24, 2.45) is 0 Å². The van der Waals surface area contributed by atoms with Gasteiger partial charge in [-0.1, -0.05) is 12.1 Å². The highest BCUT2D eigenvalue weighted by Crippen LogP contribution is 2.27. The smallest absolute Gasteiger partial charge is 0.315 e. The molecule has 0 bridgehead atoms. The number of carbonyl (C=O) groups is 1. The lowest BCUT2D eigenvalue weighted by Crippen LogP contribution is -2.36. The number of amides is 2. The Morgan fingerprint density at radius 1 is 1.04 bits per heavy atom. The Kier molecular flexibility index (Phi) is 7.73. The molecule has 0 fully saturated rings. The van der Waals surface area contributed by atoms with Gasteiger partial charge in [0.15, 0.2) is 11.5 Å². The highest BCUT2D eigenvalue weighted by molar-refractivity contribution is 5.73. The van der Waals surface area contributed by atoms with Gasteiger partial charge < -0.3 is 24.8 Å². The molecule has 7 nitrogen and oxygen atoms in total. The second-order valence-corrected chi connectivity index (χ2v) is 6.22. The first kappa shape index (κ1) is 20.4. The maximum atomic E-state index is 11.9. The molecule has 0 aliphatic rings. The molecule has 0 saturated carbocycles. The molecule has 2 aromatic rings. The summed E-state index contributed by atoms with van der Waals surface area (Å²) in [6.45, 7) is 4.81. The number of nitrogens with zero attached hydrogens (tertiary/aromatic N) is 1. The number of carbonyl (C=O) groups excluding carboxylic acids is 1. The predicted molar refractivity (Wildman–Crippen MR) is 103 cm³/mol. The number of nitrogens with one attached hydrogen (secondary N) is 2. The minimum atomic E-state index is -0.224. The van der Waals surface area contributed by atoms with Crippen LogP contribution in [0.4, 0.5) is 4.79 Å². The van der Waals surface area contributed by atoms with Crippen LogP contribution in [0.1, 0.15) is 25.0 Å². The van der Waals surface area contributed by atoms with E-state index in [9.17, 15) is 4.79 Å². The van der Waals surface area contributed by atoms with Crippen molar-refractivity contribution >= 4 is 6.03 Å². The van der Waals surface area contributed by atoms with Gasteiger partial charge in [-0.2, -0.15) is 0 Å². The summed E-state index contributed by atoms with van der Waals surface area (Å²) in [6.07, 6.45) is 2.47. The molecule has 0 radical (unpaired) electrons. The molecule has 0 aliphatic heterocycles. The standard InChI is InChI=1S/C20H27N3O4/c1-14(2)27-19-8-6-16(12-22-19)13-23-20(24)21-10-9-15-5-7-17(25-3)18(11-15)26-4/h5-8,11-12,14H,9-10,13H2,1-4H3,(H2,21,23,24). The summed E-state index contributed by atoms with van der Waals surface area (Å²) in [7, 11) is 3.20. The van der Waals surface area contributed by atoms with Crippen LogP contribution in [0.15, 0.2) is 36.5 Å². The highest BCUT2D eigenvalue weighted by atomic mass is 16.5. The number of rotatable bonds is 9. The average Bonchev–Trinajstić information content (AvgIpc) is 2.67. The van der Waals surface area contributed by atoms with Crippen LogP contribution in [-0.4, -0.2) is 37.9 Å². The molecule has 1 aromatic carbocycles. The van der Waals surface area contributed by atoms with E-state index < -0.39 is 0 Å². The van der Waals surface area contributed by atoms with Crippen LogP contribution in [-0.2, 0) is 13.0 Å². The second kappa shape index (κ2) is 10.3. The summed E-state index contributed by atoms with van der Waals surface area (Å²) in [5.41, 5.74) is 1.96. The molecule has 2 amide bonds. The van der Waals surface area contributed by atoms with Crippen LogP contribution in [0.5, 0.6) is 17.4 Å². The Bertz CT molecular complexity index is 733. The van der Waals surface area contributed by atoms with Crippen LogP contribution in [0.25, 0.3) is 0 Å². The summed E-state index contributed by atoms with van der Waals surface area (Å²) in [5, 5.41) is 5.65. The highest BCUT2D eigenvalue weighted by Gasteiger charge is 2.06. The fourth-order valence-corrected chi connectivity index (χ4v) is 2.43. The minimum absolute atomic E-state index is 0.0814. The molecule has 0 atom stereocenters. The van der Waals surface area contributed by atoms with Crippen molar-refractivity contribution in [3.8, 4) is 17.4 Å². The molecule has 146 valence electrons. The maximum absolute atomic E-state index is 11.9. The molecule has 0 saturated heterocycles. The Balaban J connectivity index is 1.73. The largest absolute Gasteiger partial charge is 0.493 e. The molecule has 2 rings (SSSR count). The van der Waals surface area contributed by atoms with Gasteiger partial charge in [0.05, 0.1) is 20.3 Å². The number of hydrogen-bond acceptors (Lipinski definition) is 5. The van der Waals surface area contributed by atoms with E-state index in [0.717, 1.165) is 11.1 Å². The summed E-state index contributed by atoms with van der Waals surface area (Å²) in [5.74, 6) is 1.94. The zero-order chi connectivity index (χ0) is 19.6. The van der Waals surface area contributed by atoms with Gasteiger partial charge in [0.2, 0.25) is 5.88 Å². The van der Waals surface area contributed by atoms with E-state index in [2.05, 4.69) is 15.6 Å². The lowest BCUT2D eigenvalue weighted by Gasteiger charge is -2.11. The van der Waals surface area contributed by atoms with Crippen LogP contribution in [0.3, 0.4) is 0 Å². The van der Waals surface area contributed by atoms with Crippen molar-refractivity contribution in [2.75, 3.05) is 20.8 Å². The molecule has 0 aliphatic carbocycles. The van der Waals surface area contributed by atoms with Gasteiger partial charge in [-0.3, -0.25) is 0 Å². The van der Waals surface area contributed by atoms with Crippen molar-refractivity contribution in [3.05, 3.63) is 47.7 Å². The minimum Gasteiger partial charge on any atom is -0.493 e. The third kappa shape index (κ3) is 6.69. The Morgan fingerprint density at radius 2 is 1.78 bits per heavy atom. The molecule has 7 heteroatoms. The monoisotopic (exact) mass is 373 g/mol. The van der Waals surface area contributed by atoms with Crippen molar-refractivity contribution in [2.45, 2.75) is 32.9 Å². The van der Waals surface area contributed by atoms with Crippen LogP contribution in [0.2, 0.25) is 0 Å². The normalized spacial score (nSPS) is 10.4. The lowest BCUT2D eigenvalue weighted by atomic mass is 10.1. The lowest BCUT2D eigenvalue weighted by molar-refractivity contribution is 0.232. The van der Waals surface area contributed by atoms with Crippen LogP contribution >= 0.6 is 0 Å². The third-order valence-electron chi connectivity index (χ3n) is 3.75. The van der Waals surface area contributed by atoms with Gasteiger partial charge in [0.25, 0.3) is 0 Å². The first-order chi connectivity index (χ1) is 13.0. The first-order valence-corrected chi connectivity index (χ1v) is 8.86. The SMILES string of the molecule is COc1ccc(CCNC(=O)NCc2ccc(OC(C)C)nc2)cc1OC. The van der Waals surface area contributed by atoms with Gasteiger partial charge in [0, 0.05) is 25.4 Å². The fourth-order valence-electron chi connectivity index (χ4n) is 2.43. The number of benzene rings is 1. The van der Waals surface area contributed by atoms with Gasteiger partial charge in [-0.15, -0.1) is 0 Å². The molecule has 1 aromatic heterocycles. The van der Waals surface area contributed by atoms with E-state index >= 15 is 0 Å². The van der Waals surface area contributed by atoms with Gasteiger partial charge in [-0.25, -0.2) is 9.78 Å². The summed E-state index contributed by atoms with van der Waals surface area (Å²) in [6, 6.07) is 9.17. The topological polar surface area (TPSA) is 81.7 Å². The van der Waals surface area contributed by atoms with Gasteiger partial charge in [-0.05, 0) is 43.5 Å². The zero-order valence-corrected chi connectivity index (χ0v) is 16.2. The van der Waals surface area contributed by atoms with Crippen LogP contribution in [0, 0.1) is 0 Å². The molecular formula is C20H27N3O4. The van der Waals surface area contributed by atoms with Crippen molar-refractivity contribution in [3.63, 3.8) is 0 Å². The summed E-state index contributed by atoms with van der Waals surface area (Å²) < 4.78 is 16.0. The molecule has 1 heterocycles. The number of methoxy groups -OCH3 is 2. The number of hydrogen-bond donors (Lipinski definition) is 2. The van der Waals surface area contributed by atoms with Crippen molar-refractivity contribution in [1.29, 1.82) is 0 Å². The zero-order valence-electron chi connectivity index (χ0n) is 16.2. The fraction of sp³-hybridized carbons (Fsp3) is 0.400. The van der Waals surface area contributed by atoms with Gasteiger partial charge >= 0.3 is 6.03 Å². The van der Waals surface area contributed by atoms with Crippen LogP contribution < -0.4 is 24.8 Å². The number of ether oxygens (including phenoxy) is 3. The van der Waals surface area contributed by atoms with Gasteiger partial charge in [0.1, 0.15) is 0 Å². The molecule has 27 heavy (non-hydrogen) atoms. The van der Waals surface area contributed by atoms with Crippen molar-refractivity contribution in [1.82, 2.24) is 15.6 Å². The second-order valence-electron chi connectivity index (χ2n) is 6.22. The summed E-state index contributed by atoms with van der Waals surface area (Å²) in [4.78, 5) is 16.1. The molecular weight excluding hydrogens is 346 g/mol. The quantitative estimate of drug-likeness (QED) is 0.706. The molecule has 0 spiro atoms. The number of urea groups is 1. The average molecular weight is 373 g/mol. The maximum Gasteiger partial charge on any atom is 0.315 e. The van der Waals surface area contributed by atoms with Crippen molar-refractivity contribution < 1.29 is 19.0 Å². The Labute approximate surface area is 160 Å². The predicted octanol–water partition coefficient (Wildman–Crippen LogP) is 2.93. The van der Waals surface area contributed by atoms with E-state index in [1.807, 2.05) is 38.1 Å². The third-order valence-corrected chi connectivity index (χ3v) is 3.75. The molecule has 0 unspecified atom stereocenters. The van der Waals surface area contributed by atoms with E-state index in [1.165, 1.54) is 0 Å². The van der Waals surface area contributed by atoms with E-state index in [0.29, 0.717) is 36.9 Å². The first-order valence-electron chi connectivity index (χ1n) is 8.86.